The van der Waals surface area contributed by atoms with Crippen LogP contribution in [0, 0.1) is 11.8 Å². The predicted octanol–water partition coefficient (Wildman–Crippen LogP) is 5.03. The molecular formula is C17H33N. The summed E-state index contributed by atoms with van der Waals surface area (Å²) in [5.74, 6) is 1.93. The molecule has 2 N–H and O–H groups in total. The smallest absolute Gasteiger partial charge is 0.0154 e. The summed E-state index contributed by atoms with van der Waals surface area (Å²) in [5.41, 5.74) is 6.75. The standard InChI is InChI=1S/C17H33N/c1-15(14-16-8-4-2-5-9-16)10-13-17(18)11-6-3-7-12-17/h15-16H,2-14,18H2,1H3. The van der Waals surface area contributed by atoms with E-state index in [2.05, 4.69) is 6.92 Å². The van der Waals surface area contributed by atoms with E-state index in [-0.39, 0.29) is 5.54 Å². The molecule has 0 saturated heterocycles. The van der Waals surface area contributed by atoms with Crippen molar-refractivity contribution < 1.29 is 0 Å². The molecule has 0 amide bonds. The van der Waals surface area contributed by atoms with Crippen molar-refractivity contribution in [3.8, 4) is 0 Å². The van der Waals surface area contributed by atoms with Crippen molar-refractivity contribution in [1.82, 2.24) is 0 Å². The highest BCUT2D eigenvalue weighted by atomic mass is 14.7. The first-order valence-electron chi connectivity index (χ1n) is 8.47. The molecule has 0 aromatic carbocycles. The van der Waals surface area contributed by atoms with E-state index in [0.29, 0.717) is 0 Å². The van der Waals surface area contributed by atoms with Gasteiger partial charge in [0.15, 0.2) is 0 Å². The van der Waals surface area contributed by atoms with Gasteiger partial charge in [0.1, 0.15) is 0 Å². The van der Waals surface area contributed by atoms with Gasteiger partial charge in [-0.2, -0.15) is 0 Å². The molecule has 0 spiro atoms. The number of hydrogen-bond acceptors (Lipinski definition) is 1. The molecule has 1 atom stereocenters. The summed E-state index contributed by atoms with van der Waals surface area (Å²) >= 11 is 0. The third kappa shape index (κ3) is 4.57. The molecule has 1 unspecified atom stereocenters. The first-order valence-corrected chi connectivity index (χ1v) is 8.47. The van der Waals surface area contributed by atoms with Crippen LogP contribution in [0.4, 0.5) is 0 Å². The maximum Gasteiger partial charge on any atom is 0.0154 e. The maximum atomic E-state index is 6.54. The monoisotopic (exact) mass is 251 g/mol. The van der Waals surface area contributed by atoms with Crippen molar-refractivity contribution in [3.63, 3.8) is 0 Å². The van der Waals surface area contributed by atoms with Gasteiger partial charge in [-0.15, -0.1) is 0 Å². The maximum absolute atomic E-state index is 6.54. The zero-order valence-electron chi connectivity index (χ0n) is 12.4. The summed E-state index contributed by atoms with van der Waals surface area (Å²) in [6.45, 7) is 2.46. The van der Waals surface area contributed by atoms with Crippen molar-refractivity contribution in [2.24, 2.45) is 17.6 Å². The third-order valence-corrected chi connectivity index (χ3v) is 5.44. The van der Waals surface area contributed by atoms with Crippen molar-refractivity contribution >= 4 is 0 Å². The van der Waals surface area contributed by atoms with Crippen LogP contribution in [0.2, 0.25) is 0 Å². The Morgan fingerprint density at radius 1 is 1.00 bits per heavy atom. The van der Waals surface area contributed by atoms with Gasteiger partial charge in [-0.3, -0.25) is 0 Å². The molecule has 2 fully saturated rings. The highest BCUT2D eigenvalue weighted by molar-refractivity contribution is 4.87. The molecule has 0 aromatic heterocycles. The van der Waals surface area contributed by atoms with Crippen LogP contribution < -0.4 is 5.73 Å². The van der Waals surface area contributed by atoms with Crippen molar-refractivity contribution in [3.05, 3.63) is 0 Å². The minimum absolute atomic E-state index is 0.207. The first-order chi connectivity index (χ1) is 8.68. The first kappa shape index (κ1) is 14.4. The van der Waals surface area contributed by atoms with Crippen LogP contribution in [0.3, 0.4) is 0 Å². The summed E-state index contributed by atoms with van der Waals surface area (Å²) in [5, 5.41) is 0. The molecule has 1 nitrogen and oxygen atoms in total. The van der Waals surface area contributed by atoms with E-state index in [1.54, 1.807) is 0 Å². The van der Waals surface area contributed by atoms with E-state index >= 15 is 0 Å². The van der Waals surface area contributed by atoms with Gasteiger partial charge in [-0.05, 0) is 43.9 Å². The fourth-order valence-electron chi connectivity index (χ4n) is 4.15. The highest BCUT2D eigenvalue weighted by Gasteiger charge is 2.27. The van der Waals surface area contributed by atoms with Crippen LogP contribution in [-0.2, 0) is 0 Å². The molecule has 0 aliphatic heterocycles. The van der Waals surface area contributed by atoms with Crippen LogP contribution in [0.15, 0.2) is 0 Å². The van der Waals surface area contributed by atoms with Gasteiger partial charge in [-0.25, -0.2) is 0 Å². The molecule has 18 heavy (non-hydrogen) atoms. The van der Waals surface area contributed by atoms with E-state index < -0.39 is 0 Å². The molecule has 0 aromatic rings. The van der Waals surface area contributed by atoms with E-state index in [9.17, 15) is 0 Å². The van der Waals surface area contributed by atoms with Crippen LogP contribution in [0.25, 0.3) is 0 Å². The Morgan fingerprint density at radius 2 is 1.61 bits per heavy atom. The molecule has 106 valence electrons. The Hall–Kier alpha value is -0.0400. The lowest BCUT2D eigenvalue weighted by Crippen LogP contribution is -2.41. The molecule has 0 bridgehead atoms. The highest BCUT2D eigenvalue weighted by Crippen LogP contribution is 2.34. The molecule has 2 rings (SSSR count). The lowest BCUT2D eigenvalue weighted by Gasteiger charge is -2.35. The number of rotatable bonds is 5. The van der Waals surface area contributed by atoms with E-state index in [1.807, 2.05) is 0 Å². The molecule has 0 radical (unpaired) electrons. The van der Waals surface area contributed by atoms with Crippen molar-refractivity contribution in [2.45, 2.75) is 95.9 Å². The Balaban J connectivity index is 1.65. The van der Waals surface area contributed by atoms with E-state index in [1.165, 1.54) is 83.5 Å². The SMILES string of the molecule is CC(CCC1(N)CCCCC1)CC1CCCCC1. The van der Waals surface area contributed by atoms with Crippen molar-refractivity contribution in [2.75, 3.05) is 0 Å². The Kier molecular flexibility index (Phi) is 5.54. The normalized spacial score (nSPS) is 27.0. The van der Waals surface area contributed by atoms with Crippen LogP contribution in [0.1, 0.15) is 90.4 Å². The second kappa shape index (κ2) is 6.93. The minimum atomic E-state index is 0.207. The topological polar surface area (TPSA) is 26.0 Å². The van der Waals surface area contributed by atoms with Crippen LogP contribution in [-0.4, -0.2) is 5.54 Å². The average molecular weight is 251 g/mol. The Labute approximate surface area is 114 Å². The molecular weight excluding hydrogens is 218 g/mol. The van der Waals surface area contributed by atoms with Crippen LogP contribution >= 0.6 is 0 Å². The van der Waals surface area contributed by atoms with Gasteiger partial charge >= 0.3 is 0 Å². The fraction of sp³-hybridized carbons (Fsp3) is 1.00. The number of hydrogen-bond donors (Lipinski definition) is 1. The summed E-state index contributed by atoms with van der Waals surface area (Å²) in [7, 11) is 0. The largest absolute Gasteiger partial charge is 0.325 e. The van der Waals surface area contributed by atoms with Gasteiger partial charge in [0, 0.05) is 5.54 Å². The third-order valence-electron chi connectivity index (χ3n) is 5.44. The fourth-order valence-corrected chi connectivity index (χ4v) is 4.15. The van der Waals surface area contributed by atoms with E-state index in [0.717, 1.165) is 11.8 Å². The average Bonchev–Trinajstić information content (AvgIpc) is 2.39. The van der Waals surface area contributed by atoms with Crippen LogP contribution in [0.5, 0.6) is 0 Å². The lowest BCUT2D eigenvalue weighted by atomic mass is 9.76. The molecule has 2 aliphatic rings. The van der Waals surface area contributed by atoms with Gasteiger partial charge in [-0.1, -0.05) is 58.3 Å². The summed E-state index contributed by atoms with van der Waals surface area (Å²) in [6, 6.07) is 0. The lowest BCUT2D eigenvalue weighted by molar-refractivity contribution is 0.236. The van der Waals surface area contributed by atoms with Gasteiger partial charge < -0.3 is 5.73 Å². The van der Waals surface area contributed by atoms with Gasteiger partial charge in [0.2, 0.25) is 0 Å². The summed E-state index contributed by atoms with van der Waals surface area (Å²) in [4.78, 5) is 0. The molecule has 0 heterocycles. The molecule has 2 saturated carbocycles. The summed E-state index contributed by atoms with van der Waals surface area (Å²) in [6.07, 6.45) is 18.3. The second-order valence-corrected chi connectivity index (χ2v) is 7.31. The summed E-state index contributed by atoms with van der Waals surface area (Å²) < 4.78 is 0. The van der Waals surface area contributed by atoms with E-state index in [4.69, 9.17) is 5.73 Å². The Morgan fingerprint density at radius 3 is 2.28 bits per heavy atom. The Bertz CT molecular complexity index is 224. The second-order valence-electron chi connectivity index (χ2n) is 7.31. The van der Waals surface area contributed by atoms with Gasteiger partial charge in [0.05, 0.1) is 0 Å². The zero-order chi connectivity index (χ0) is 12.8. The predicted molar refractivity (Wildman–Crippen MR) is 79.6 cm³/mol. The van der Waals surface area contributed by atoms with Gasteiger partial charge in [0.25, 0.3) is 0 Å². The molecule has 2 aliphatic carbocycles. The quantitative estimate of drug-likeness (QED) is 0.728. The molecule has 1 heteroatoms. The van der Waals surface area contributed by atoms with Crippen molar-refractivity contribution in [1.29, 1.82) is 0 Å². The zero-order valence-corrected chi connectivity index (χ0v) is 12.4. The number of nitrogens with two attached hydrogens (primary N) is 1. The minimum Gasteiger partial charge on any atom is -0.325 e.